The monoisotopic (exact) mass is 262 g/mol. The highest BCUT2D eigenvalue weighted by Crippen LogP contribution is 2.59. The van der Waals surface area contributed by atoms with Crippen molar-refractivity contribution in [2.24, 2.45) is 23.7 Å². The van der Waals surface area contributed by atoms with E-state index in [4.69, 9.17) is 0 Å². The lowest BCUT2D eigenvalue weighted by molar-refractivity contribution is -0.00273. The van der Waals surface area contributed by atoms with Crippen molar-refractivity contribution >= 4 is 10.8 Å². The van der Waals surface area contributed by atoms with Crippen LogP contribution in [0.4, 0.5) is 0 Å². The van der Waals surface area contributed by atoms with Crippen LogP contribution in [-0.2, 0) is 0 Å². The third-order valence-corrected chi connectivity index (χ3v) is 6.39. The van der Waals surface area contributed by atoms with Crippen LogP contribution in [0.25, 0.3) is 10.8 Å². The maximum absolute atomic E-state index is 2.49. The third kappa shape index (κ3) is 1.60. The summed E-state index contributed by atoms with van der Waals surface area (Å²) in [4.78, 5) is 0. The van der Waals surface area contributed by atoms with Gasteiger partial charge in [0.25, 0.3) is 0 Å². The molecule has 0 atom stereocenters. The lowest BCUT2D eigenvalue weighted by Gasteiger charge is -2.54. The first-order valence-corrected chi connectivity index (χ1v) is 8.35. The van der Waals surface area contributed by atoms with E-state index in [1.54, 1.807) is 12.0 Å². The third-order valence-electron chi connectivity index (χ3n) is 6.39. The highest BCUT2D eigenvalue weighted by molar-refractivity contribution is 5.83. The van der Waals surface area contributed by atoms with Gasteiger partial charge in [-0.1, -0.05) is 42.5 Å². The van der Waals surface area contributed by atoms with Crippen molar-refractivity contribution in [1.82, 2.24) is 0 Å². The zero-order valence-corrected chi connectivity index (χ0v) is 12.0. The van der Waals surface area contributed by atoms with Crippen molar-refractivity contribution < 1.29 is 0 Å². The zero-order valence-electron chi connectivity index (χ0n) is 12.0. The van der Waals surface area contributed by atoms with E-state index in [1.165, 1.54) is 36.5 Å². The summed E-state index contributed by atoms with van der Waals surface area (Å²) in [7, 11) is 0. The Morgan fingerprint density at radius 1 is 0.650 bits per heavy atom. The molecule has 0 amide bonds. The maximum atomic E-state index is 2.49. The van der Waals surface area contributed by atoms with Crippen LogP contribution in [0.2, 0.25) is 0 Å². The van der Waals surface area contributed by atoms with Crippen LogP contribution in [0, 0.1) is 23.7 Å². The first-order chi connectivity index (χ1) is 9.87. The van der Waals surface area contributed by atoms with Gasteiger partial charge in [0.15, 0.2) is 0 Å². The van der Waals surface area contributed by atoms with Gasteiger partial charge in [-0.25, -0.2) is 0 Å². The minimum atomic E-state index is 0.868. The predicted octanol–water partition coefficient (Wildman–Crippen LogP) is 5.38. The van der Waals surface area contributed by atoms with Gasteiger partial charge in [-0.2, -0.15) is 0 Å². The van der Waals surface area contributed by atoms with Crippen LogP contribution < -0.4 is 0 Å². The minimum Gasteiger partial charge on any atom is -0.0616 e. The number of hydrogen-bond donors (Lipinski definition) is 0. The Labute approximate surface area is 121 Å². The average molecular weight is 262 g/mol. The molecule has 0 aromatic heterocycles. The Kier molecular flexibility index (Phi) is 2.33. The van der Waals surface area contributed by atoms with Gasteiger partial charge >= 0.3 is 0 Å². The van der Waals surface area contributed by atoms with E-state index >= 15 is 0 Å². The van der Waals surface area contributed by atoms with Crippen LogP contribution in [0.15, 0.2) is 42.5 Å². The molecule has 4 saturated carbocycles. The Balaban J connectivity index is 1.57. The molecule has 0 unspecified atom stereocenters. The molecule has 2 aromatic rings. The minimum absolute atomic E-state index is 0.868. The van der Waals surface area contributed by atoms with E-state index in [2.05, 4.69) is 42.5 Å². The average Bonchev–Trinajstić information content (AvgIpc) is 2.46. The topological polar surface area (TPSA) is 0 Å². The summed E-state index contributed by atoms with van der Waals surface area (Å²) in [6, 6.07) is 16.1. The van der Waals surface area contributed by atoms with Gasteiger partial charge in [-0.05, 0) is 78.0 Å². The van der Waals surface area contributed by atoms with Gasteiger partial charge in [0.1, 0.15) is 0 Å². The molecule has 2 aromatic carbocycles. The largest absolute Gasteiger partial charge is 0.0616 e. The highest BCUT2D eigenvalue weighted by Gasteiger charge is 2.48. The molecule has 102 valence electrons. The van der Waals surface area contributed by atoms with Crippen molar-refractivity contribution in [1.29, 1.82) is 0 Å². The molecule has 0 heteroatoms. The van der Waals surface area contributed by atoms with Gasteiger partial charge in [-0.3, -0.25) is 0 Å². The van der Waals surface area contributed by atoms with Crippen molar-refractivity contribution in [3.05, 3.63) is 48.0 Å². The lowest BCUT2D eigenvalue weighted by Crippen LogP contribution is -2.43. The van der Waals surface area contributed by atoms with Crippen molar-refractivity contribution in [3.63, 3.8) is 0 Å². The fraction of sp³-hybridized carbons (Fsp3) is 0.500. The highest BCUT2D eigenvalue weighted by atomic mass is 14.5. The Hall–Kier alpha value is -1.30. The van der Waals surface area contributed by atoms with E-state index in [0.29, 0.717) is 0 Å². The summed E-state index contributed by atoms with van der Waals surface area (Å²) < 4.78 is 0. The molecular formula is C20H22. The molecule has 4 aliphatic rings. The molecule has 0 heterocycles. The van der Waals surface area contributed by atoms with E-state index in [1.807, 2.05) is 0 Å². The van der Waals surface area contributed by atoms with Crippen molar-refractivity contribution in [2.75, 3.05) is 0 Å². The predicted molar refractivity (Wildman–Crippen MR) is 83.7 cm³/mol. The van der Waals surface area contributed by atoms with Crippen LogP contribution in [0.5, 0.6) is 0 Å². The van der Waals surface area contributed by atoms with E-state index < -0.39 is 0 Å². The standard InChI is InChI=1S/C20H22/c1-2-4-16-12-17(6-5-15(16)3-1)20-18-8-13-7-14(10-18)11-19(20)9-13/h1-6,12-14,18-20H,7-11H2. The summed E-state index contributed by atoms with van der Waals surface area (Å²) in [6.07, 6.45) is 7.63. The smallest absolute Gasteiger partial charge is 0.0105 e. The second kappa shape index (κ2) is 4.10. The quantitative estimate of drug-likeness (QED) is 0.647. The molecule has 6 rings (SSSR count). The van der Waals surface area contributed by atoms with Gasteiger partial charge in [0.2, 0.25) is 0 Å². The normalized spacial score (nSPS) is 38.5. The lowest BCUT2D eigenvalue weighted by atomic mass is 9.51. The second-order valence-corrected chi connectivity index (χ2v) is 7.56. The first kappa shape index (κ1) is 11.4. The summed E-state index contributed by atoms with van der Waals surface area (Å²) >= 11 is 0. The zero-order chi connectivity index (χ0) is 13.1. The maximum Gasteiger partial charge on any atom is -0.0105 e. The molecular weight excluding hydrogens is 240 g/mol. The fourth-order valence-corrected chi connectivity index (χ4v) is 5.88. The Bertz CT molecular complexity index is 626. The number of fused-ring (bicyclic) bond motifs is 1. The summed E-state index contributed by atoms with van der Waals surface area (Å²) in [5, 5.41) is 2.82. The van der Waals surface area contributed by atoms with Crippen molar-refractivity contribution in [2.45, 2.75) is 38.0 Å². The molecule has 0 saturated heterocycles. The molecule has 0 aliphatic heterocycles. The molecule has 4 aliphatic carbocycles. The number of benzene rings is 2. The molecule has 0 radical (unpaired) electrons. The van der Waals surface area contributed by atoms with Crippen LogP contribution in [0.3, 0.4) is 0 Å². The van der Waals surface area contributed by atoms with Crippen LogP contribution in [-0.4, -0.2) is 0 Å². The van der Waals surface area contributed by atoms with Crippen molar-refractivity contribution in [3.8, 4) is 0 Å². The summed E-state index contributed by atoms with van der Waals surface area (Å²) in [6.45, 7) is 0. The van der Waals surface area contributed by atoms with E-state index in [0.717, 1.165) is 29.6 Å². The molecule has 20 heavy (non-hydrogen) atoms. The van der Waals surface area contributed by atoms with Gasteiger partial charge in [0.05, 0.1) is 0 Å². The molecule has 4 fully saturated rings. The van der Waals surface area contributed by atoms with E-state index in [-0.39, 0.29) is 0 Å². The summed E-state index contributed by atoms with van der Waals surface area (Å²) in [5.41, 5.74) is 1.64. The molecule has 4 bridgehead atoms. The summed E-state index contributed by atoms with van der Waals surface area (Å²) in [5.74, 6) is 5.01. The number of rotatable bonds is 1. The SMILES string of the molecule is c1ccc2cc(C3C4CC5CC(C4)CC3C5)ccc2c1. The molecule has 0 N–H and O–H groups in total. The van der Waals surface area contributed by atoms with Crippen LogP contribution >= 0.6 is 0 Å². The molecule has 0 nitrogen and oxygen atoms in total. The molecule has 0 spiro atoms. The fourth-order valence-electron chi connectivity index (χ4n) is 5.88. The second-order valence-electron chi connectivity index (χ2n) is 7.56. The van der Waals surface area contributed by atoms with Gasteiger partial charge in [-0.15, -0.1) is 0 Å². The van der Waals surface area contributed by atoms with Gasteiger partial charge < -0.3 is 0 Å². The number of hydrogen-bond acceptors (Lipinski definition) is 0. The Morgan fingerprint density at radius 3 is 2.00 bits per heavy atom. The van der Waals surface area contributed by atoms with Crippen LogP contribution in [0.1, 0.15) is 43.6 Å². The van der Waals surface area contributed by atoms with E-state index in [9.17, 15) is 0 Å². The van der Waals surface area contributed by atoms with Gasteiger partial charge in [0, 0.05) is 0 Å². The Morgan fingerprint density at radius 2 is 1.30 bits per heavy atom. The first-order valence-electron chi connectivity index (χ1n) is 8.35.